The number of benzene rings is 1. The van der Waals surface area contributed by atoms with E-state index in [2.05, 4.69) is 13.0 Å². The number of halogens is 1. The minimum atomic E-state index is -0.0820. The molecule has 0 nitrogen and oxygen atoms in total. The van der Waals surface area contributed by atoms with E-state index in [4.69, 9.17) is 0 Å². The monoisotopic (exact) mass is 204 g/mol. The van der Waals surface area contributed by atoms with Crippen molar-refractivity contribution in [3.05, 3.63) is 41.2 Å². The highest BCUT2D eigenvalue weighted by Gasteiger charge is 2.14. The Balaban J connectivity index is 2.33. The first-order chi connectivity index (χ1) is 7.16. The van der Waals surface area contributed by atoms with Gasteiger partial charge in [-0.05, 0) is 49.8 Å². The van der Waals surface area contributed by atoms with Gasteiger partial charge in [-0.25, -0.2) is 4.39 Å². The molecule has 1 atom stereocenters. The Kier molecular flexibility index (Phi) is 2.90. The molecule has 0 heterocycles. The number of hydrogen-bond acceptors (Lipinski definition) is 0. The number of hydrogen-bond donors (Lipinski definition) is 0. The van der Waals surface area contributed by atoms with E-state index in [0.29, 0.717) is 0 Å². The first kappa shape index (κ1) is 10.4. The van der Waals surface area contributed by atoms with Crippen LogP contribution in [0.25, 0.3) is 5.57 Å². The second-order valence-electron chi connectivity index (χ2n) is 4.59. The van der Waals surface area contributed by atoms with E-state index >= 15 is 0 Å². The van der Waals surface area contributed by atoms with Crippen molar-refractivity contribution in [1.29, 1.82) is 0 Å². The van der Waals surface area contributed by atoms with Crippen molar-refractivity contribution in [3.8, 4) is 0 Å². The van der Waals surface area contributed by atoms with Gasteiger partial charge in [0.05, 0.1) is 0 Å². The van der Waals surface area contributed by atoms with Crippen molar-refractivity contribution in [2.75, 3.05) is 0 Å². The molecule has 1 unspecified atom stereocenters. The van der Waals surface area contributed by atoms with Crippen LogP contribution in [0.1, 0.15) is 37.3 Å². The summed E-state index contributed by atoms with van der Waals surface area (Å²) in [4.78, 5) is 0. The maximum Gasteiger partial charge on any atom is 0.130 e. The minimum absolute atomic E-state index is 0.0820. The zero-order chi connectivity index (χ0) is 10.8. The Labute approximate surface area is 90.8 Å². The lowest BCUT2D eigenvalue weighted by Crippen LogP contribution is -2.02. The van der Waals surface area contributed by atoms with Gasteiger partial charge in [0.2, 0.25) is 0 Å². The highest BCUT2D eigenvalue weighted by atomic mass is 19.1. The van der Waals surface area contributed by atoms with Gasteiger partial charge in [-0.3, -0.25) is 0 Å². The quantitative estimate of drug-likeness (QED) is 0.638. The van der Waals surface area contributed by atoms with Gasteiger partial charge in [-0.1, -0.05) is 24.6 Å². The predicted molar refractivity (Wildman–Crippen MR) is 62.1 cm³/mol. The van der Waals surface area contributed by atoms with Crippen molar-refractivity contribution in [3.63, 3.8) is 0 Å². The van der Waals surface area contributed by atoms with Gasteiger partial charge in [-0.2, -0.15) is 0 Å². The van der Waals surface area contributed by atoms with Gasteiger partial charge in [0.1, 0.15) is 5.82 Å². The summed E-state index contributed by atoms with van der Waals surface area (Å²) in [6.07, 6.45) is 5.48. The van der Waals surface area contributed by atoms with Gasteiger partial charge in [-0.15, -0.1) is 0 Å². The fourth-order valence-electron chi connectivity index (χ4n) is 2.10. The maximum atomic E-state index is 13.6. The van der Waals surface area contributed by atoms with Crippen LogP contribution in [0, 0.1) is 18.7 Å². The topological polar surface area (TPSA) is 0 Å². The molecule has 0 spiro atoms. The summed E-state index contributed by atoms with van der Waals surface area (Å²) in [6, 6.07) is 5.35. The second-order valence-corrected chi connectivity index (χ2v) is 4.59. The molecule has 1 aliphatic rings. The third-order valence-electron chi connectivity index (χ3n) is 3.14. The van der Waals surface area contributed by atoms with Crippen molar-refractivity contribution < 1.29 is 4.39 Å². The fourth-order valence-corrected chi connectivity index (χ4v) is 2.10. The van der Waals surface area contributed by atoms with Gasteiger partial charge in [0, 0.05) is 5.56 Å². The van der Waals surface area contributed by atoms with Crippen LogP contribution in [0.4, 0.5) is 4.39 Å². The molecule has 0 fully saturated rings. The molecule has 0 N–H and O–H groups in total. The summed E-state index contributed by atoms with van der Waals surface area (Å²) in [5.41, 5.74) is 3.13. The van der Waals surface area contributed by atoms with Crippen LogP contribution in [0.5, 0.6) is 0 Å². The maximum absolute atomic E-state index is 13.6. The molecule has 0 aliphatic heterocycles. The molecule has 15 heavy (non-hydrogen) atoms. The second kappa shape index (κ2) is 4.18. The summed E-state index contributed by atoms with van der Waals surface area (Å²) >= 11 is 0. The van der Waals surface area contributed by atoms with E-state index < -0.39 is 0 Å². The molecule has 1 heteroatoms. The fraction of sp³-hybridized carbons (Fsp3) is 0.429. The Bertz CT molecular complexity index is 390. The zero-order valence-electron chi connectivity index (χ0n) is 9.39. The molecular weight excluding hydrogens is 187 g/mol. The smallest absolute Gasteiger partial charge is 0.130 e. The molecule has 1 aliphatic carbocycles. The van der Waals surface area contributed by atoms with Crippen LogP contribution in [-0.2, 0) is 0 Å². The standard InChI is InChI=1S/C14H17F/c1-10-3-6-12(7-4-10)13-9-11(2)5-8-14(13)15/h5-6,8-10H,3-4,7H2,1-2H3. The van der Waals surface area contributed by atoms with Crippen molar-refractivity contribution >= 4 is 5.57 Å². The van der Waals surface area contributed by atoms with E-state index in [-0.39, 0.29) is 5.82 Å². The molecule has 0 saturated carbocycles. The number of allylic oxidation sites excluding steroid dienone is 2. The summed E-state index contributed by atoms with van der Waals surface area (Å²) in [6.45, 7) is 4.26. The van der Waals surface area contributed by atoms with Crippen LogP contribution >= 0.6 is 0 Å². The van der Waals surface area contributed by atoms with Crippen molar-refractivity contribution in [1.82, 2.24) is 0 Å². The average molecular weight is 204 g/mol. The molecule has 1 aromatic rings. The molecule has 0 radical (unpaired) electrons. The molecule has 0 bridgehead atoms. The lowest BCUT2D eigenvalue weighted by Gasteiger charge is -2.19. The van der Waals surface area contributed by atoms with Crippen LogP contribution in [0.3, 0.4) is 0 Å². The first-order valence-electron chi connectivity index (χ1n) is 5.62. The van der Waals surface area contributed by atoms with Crippen molar-refractivity contribution in [2.45, 2.75) is 33.1 Å². The number of rotatable bonds is 1. The molecule has 1 aromatic carbocycles. The van der Waals surface area contributed by atoms with Crippen LogP contribution in [0.15, 0.2) is 24.3 Å². The van der Waals surface area contributed by atoms with E-state index in [1.54, 1.807) is 6.07 Å². The van der Waals surface area contributed by atoms with Gasteiger partial charge < -0.3 is 0 Å². The van der Waals surface area contributed by atoms with Gasteiger partial charge in [0.15, 0.2) is 0 Å². The lowest BCUT2D eigenvalue weighted by atomic mass is 9.87. The third-order valence-corrected chi connectivity index (χ3v) is 3.14. The summed E-state index contributed by atoms with van der Waals surface area (Å²) in [7, 11) is 0. The Morgan fingerprint density at radius 2 is 2.13 bits per heavy atom. The first-order valence-corrected chi connectivity index (χ1v) is 5.62. The van der Waals surface area contributed by atoms with E-state index in [9.17, 15) is 4.39 Å². The summed E-state index contributed by atoms with van der Waals surface area (Å²) in [5, 5.41) is 0. The summed E-state index contributed by atoms with van der Waals surface area (Å²) in [5.74, 6) is 0.669. The highest BCUT2D eigenvalue weighted by molar-refractivity contribution is 5.67. The predicted octanol–water partition coefficient (Wildman–Crippen LogP) is 4.34. The third kappa shape index (κ3) is 2.28. The van der Waals surface area contributed by atoms with Gasteiger partial charge >= 0.3 is 0 Å². The molecule has 0 amide bonds. The van der Waals surface area contributed by atoms with Crippen molar-refractivity contribution in [2.24, 2.45) is 5.92 Å². The highest BCUT2D eigenvalue weighted by Crippen LogP contribution is 2.31. The lowest BCUT2D eigenvalue weighted by molar-refractivity contribution is 0.531. The molecular formula is C14H17F. The SMILES string of the molecule is Cc1ccc(F)c(C2=CCC(C)CC2)c1. The van der Waals surface area contributed by atoms with E-state index in [1.807, 2.05) is 19.1 Å². The number of aryl methyl sites for hydroxylation is 1. The van der Waals surface area contributed by atoms with Crippen LogP contribution < -0.4 is 0 Å². The largest absolute Gasteiger partial charge is 0.206 e. The average Bonchev–Trinajstić information content (AvgIpc) is 2.23. The molecule has 0 aromatic heterocycles. The molecule has 2 rings (SSSR count). The minimum Gasteiger partial charge on any atom is -0.206 e. The molecule has 0 saturated heterocycles. The Morgan fingerprint density at radius 1 is 1.33 bits per heavy atom. The normalized spacial score (nSPS) is 21.3. The van der Waals surface area contributed by atoms with E-state index in [1.165, 1.54) is 12.0 Å². The Hall–Kier alpha value is -1.11. The van der Waals surface area contributed by atoms with Gasteiger partial charge in [0.25, 0.3) is 0 Å². The van der Waals surface area contributed by atoms with E-state index in [0.717, 1.165) is 29.9 Å². The van der Waals surface area contributed by atoms with Crippen LogP contribution in [0.2, 0.25) is 0 Å². The zero-order valence-corrected chi connectivity index (χ0v) is 9.39. The Morgan fingerprint density at radius 3 is 2.80 bits per heavy atom. The van der Waals surface area contributed by atoms with Crippen LogP contribution in [-0.4, -0.2) is 0 Å². The molecule has 80 valence electrons. The summed E-state index contributed by atoms with van der Waals surface area (Å²) < 4.78 is 13.6.